The Morgan fingerprint density at radius 1 is 0.438 bits per heavy atom. The standard InChI is InChI=1S/C46H31NO/c1-4-13-32(14-5-1)34-23-27-37(28-24-34)47(38-29-25-35(26-30-38)33-15-6-2-7-16-33)43-21-12-22-44-45(43)42-31-41(36-17-8-3-9-18-36)39-19-10-11-20-40(39)46(42)48-44/h1-31H/i10D,11D,12D,19D,20D,21D,22D,31D. The molecule has 0 bridgehead atoms. The quantitative estimate of drug-likeness (QED) is 0.184. The van der Waals surface area contributed by atoms with Gasteiger partial charge in [-0.05, 0) is 81.2 Å². The van der Waals surface area contributed by atoms with E-state index in [4.69, 9.17) is 12.6 Å². The van der Waals surface area contributed by atoms with Gasteiger partial charge in [-0.3, -0.25) is 0 Å². The maximum Gasteiger partial charge on any atom is 0.143 e. The predicted octanol–water partition coefficient (Wildman–Crippen LogP) is 13.2. The number of nitrogens with zero attached hydrogens (tertiary/aromatic N) is 1. The molecule has 1 heterocycles. The Bertz CT molecular complexity index is 2890. The Balaban J connectivity index is 1.42. The molecular weight excluding hydrogens is 583 g/mol. The summed E-state index contributed by atoms with van der Waals surface area (Å²) in [5.41, 5.74) is 6.26. The van der Waals surface area contributed by atoms with Gasteiger partial charge in [-0.15, -0.1) is 0 Å². The molecule has 2 nitrogen and oxygen atoms in total. The van der Waals surface area contributed by atoms with E-state index in [1.54, 1.807) is 24.3 Å². The van der Waals surface area contributed by atoms with E-state index in [2.05, 4.69) is 0 Å². The van der Waals surface area contributed by atoms with Crippen molar-refractivity contribution in [1.29, 1.82) is 0 Å². The molecule has 1 aromatic heterocycles. The molecular formula is C46H31NO. The lowest BCUT2D eigenvalue weighted by molar-refractivity contribution is 0.672. The second-order valence-corrected chi connectivity index (χ2v) is 11.5. The van der Waals surface area contributed by atoms with Crippen molar-refractivity contribution in [2.75, 3.05) is 4.90 Å². The zero-order chi connectivity index (χ0) is 38.8. The van der Waals surface area contributed by atoms with Crippen molar-refractivity contribution in [2.45, 2.75) is 0 Å². The van der Waals surface area contributed by atoms with Crippen molar-refractivity contribution in [1.82, 2.24) is 0 Å². The van der Waals surface area contributed by atoms with Crippen molar-refractivity contribution >= 4 is 49.8 Å². The van der Waals surface area contributed by atoms with Gasteiger partial charge in [-0.2, -0.15) is 0 Å². The number of furan rings is 1. The molecule has 48 heavy (non-hydrogen) atoms. The Kier molecular flexibility index (Phi) is 5.07. The molecule has 0 aliphatic heterocycles. The summed E-state index contributed by atoms with van der Waals surface area (Å²) in [7, 11) is 0. The van der Waals surface area contributed by atoms with Crippen LogP contribution in [0.5, 0.6) is 0 Å². The number of hydrogen-bond acceptors (Lipinski definition) is 2. The maximum atomic E-state index is 9.84. The summed E-state index contributed by atoms with van der Waals surface area (Å²) >= 11 is 0. The minimum atomic E-state index is -0.465. The van der Waals surface area contributed by atoms with Gasteiger partial charge in [0.2, 0.25) is 0 Å². The van der Waals surface area contributed by atoms with Gasteiger partial charge in [0.15, 0.2) is 0 Å². The summed E-state index contributed by atoms with van der Waals surface area (Å²) in [6, 6.07) is 41.9. The molecule has 0 radical (unpaired) electrons. The first-order valence-corrected chi connectivity index (χ1v) is 15.7. The van der Waals surface area contributed by atoms with Crippen LogP contribution in [0, 0.1) is 0 Å². The smallest absolute Gasteiger partial charge is 0.143 e. The van der Waals surface area contributed by atoms with E-state index in [9.17, 15) is 2.74 Å². The SMILES string of the molecule is [2H]c1c([2H])c(N(c2ccc(-c3ccccc3)cc2)c2ccc(-c3ccccc3)cc2)c2c(oc3c4c([2H])c([2H])c([2H])c([2H])c4c(-c4ccccc4)c([2H])c32)c1[2H]. The van der Waals surface area contributed by atoms with Gasteiger partial charge in [-0.1, -0.05) is 145 Å². The highest BCUT2D eigenvalue weighted by molar-refractivity contribution is 6.22. The topological polar surface area (TPSA) is 16.4 Å². The number of fused-ring (bicyclic) bond motifs is 5. The van der Waals surface area contributed by atoms with Crippen LogP contribution in [-0.2, 0) is 0 Å². The van der Waals surface area contributed by atoms with Crippen LogP contribution < -0.4 is 4.90 Å². The monoisotopic (exact) mass is 621 g/mol. The summed E-state index contributed by atoms with van der Waals surface area (Å²) in [5.74, 6) is 0. The number of rotatable bonds is 6. The van der Waals surface area contributed by atoms with Gasteiger partial charge in [0.1, 0.15) is 11.2 Å². The molecule has 8 aromatic carbocycles. The highest BCUT2D eigenvalue weighted by Crippen LogP contribution is 2.46. The number of hydrogen-bond donors (Lipinski definition) is 0. The minimum Gasteiger partial charge on any atom is -0.455 e. The van der Waals surface area contributed by atoms with Crippen LogP contribution in [0.3, 0.4) is 0 Å². The van der Waals surface area contributed by atoms with E-state index in [1.165, 1.54) is 0 Å². The fourth-order valence-electron chi connectivity index (χ4n) is 6.37. The van der Waals surface area contributed by atoms with E-state index in [1.807, 2.05) is 120 Å². The molecule has 0 N–H and O–H groups in total. The second kappa shape index (κ2) is 11.8. The lowest BCUT2D eigenvalue weighted by Gasteiger charge is -2.26. The van der Waals surface area contributed by atoms with Gasteiger partial charge in [0.05, 0.1) is 22.0 Å². The van der Waals surface area contributed by atoms with Crippen molar-refractivity contribution < 1.29 is 15.4 Å². The van der Waals surface area contributed by atoms with Crippen molar-refractivity contribution in [3.8, 4) is 33.4 Å². The molecule has 0 aliphatic rings. The predicted molar refractivity (Wildman–Crippen MR) is 202 cm³/mol. The van der Waals surface area contributed by atoms with Crippen LogP contribution in [0.15, 0.2) is 192 Å². The van der Waals surface area contributed by atoms with Crippen molar-refractivity contribution in [3.63, 3.8) is 0 Å². The average molecular weight is 622 g/mol. The first-order chi connectivity index (χ1) is 27.2. The molecule has 9 aromatic rings. The molecule has 0 spiro atoms. The van der Waals surface area contributed by atoms with E-state index in [0.29, 0.717) is 16.9 Å². The molecule has 2 heteroatoms. The number of anilines is 3. The van der Waals surface area contributed by atoms with Crippen LogP contribution >= 0.6 is 0 Å². The van der Waals surface area contributed by atoms with Crippen LogP contribution in [0.25, 0.3) is 66.1 Å². The number of benzene rings is 8. The summed E-state index contributed by atoms with van der Waals surface area (Å²) in [4.78, 5) is 1.84. The van der Waals surface area contributed by atoms with E-state index < -0.39 is 12.1 Å². The van der Waals surface area contributed by atoms with Crippen LogP contribution in [-0.4, -0.2) is 0 Å². The summed E-state index contributed by atoms with van der Waals surface area (Å²) in [6.07, 6.45) is 0. The summed E-state index contributed by atoms with van der Waals surface area (Å²) in [6.45, 7) is 0. The van der Waals surface area contributed by atoms with Gasteiger partial charge in [0.25, 0.3) is 0 Å². The Labute approximate surface area is 291 Å². The molecule has 0 aliphatic carbocycles. The Hall–Kier alpha value is -6.38. The molecule has 0 fully saturated rings. The molecule has 226 valence electrons. The average Bonchev–Trinajstić information content (AvgIpc) is 3.64. The Morgan fingerprint density at radius 3 is 1.50 bits per heavy atom. The lowest BCUT2D eigenvalue weighted by Crippen LogP contribution is -2.10. The molecule has 0 saturated carbocycles. The van der Waals surface area contributed by atoms with E-state index in [-0.39, 0.29) is 80.2 Å². The first-order valence-electron chi connectivity index (χ1n) is 19.7. The van der Waals surface area contributed by atoms with Gasteiger partial charge in [0, 0.05) is 22.1 Å². The normalized spacial score (nSPS) is 13.7. The maximum absolute atomic E-state index is 9.84. The van der Waals surface area contributed by atoms with Gasteiger partial charge in [-0.25, -0.2) is 0 Å². The van der Waals surface area contributed by atoms with Crippen LogP contribution in [0.2, 0.25) is 0 Å². The third kappa shape index (κ3) is 4.83. The molecule has 0 saturated heterocycles. The van der Waals surface area contributed by atoms with Gasteiger partial charge >= 0.3 is 0 Å². The zero-order valence-electron chi connectivity index (χ0n) is 33.6. The highest BCUT2D eigenvalue weighted by atomic mass is 16.3. The van der Waals surface area contributed by atoms with E-state index in [0.717, 1.165) is 22.3 Å². The third-order valence-corrected chi connectivity index (χ3v) is 8.67. The highest BCUT2D eigenvalue weighted by Gasteiger charge is 2.22. The third-order valence-electron chi connectivity index (χ3n) is 8.67. The molecule has 0 atom stereocenters. The van der Waals surface area contributed by atoms with Crippen molar-refractivity contribution in [2.24, 2.45) is 0 Å². The zero-order valence-corrected chi connectivity index (χ0v) is 25.6. The fraction of sp³-hybridized carbons (Fsp3) is 0. The van der Waals surface area contributed by atoms with Gasteiger partial charge < -0.3 is 9.32 Å². The Morgan fingerprint density at radius 2 is 0.938 bits per heavy atom. The summed E-state index contributed by atoms with van der Waals surface area (Å²) < 4.78 is 79.3. The summed E-state index contributed by atoms with van der Waals surface area (Å²) in [5, 5.41) is 0.585. The molecule has 0 unspecified atom stereocenters. The van der Waals surface area contributed by atoms with Crippen molar-refractivity contribution in [3.05, 3.63) is 188 Å². The first kappa shape index (κ1) is 20.7. The fourth-order valence-corrected chi connectivity index (χ4v) is 6.37. The van der Waals surface area contributed by atoms with Crippen LogP contribution in [0.4, 0.5) is 17.1 Å². The molecule has 0 amide bonds. The van der Waals surface area contributed by atoms with Crippen LogP contribution in [0.1, 0.15) is 11.0 Å². The van der Waals surface area contributed by atoms with E-state index >= 15 is 0 Å². The molecule has 9 rings (SSSR count). The minimum absolute atomic E-state index is 0.00904. The largest absolute Gasteiger partial charge is 0.455 e. The lowest BCUT2D eigenvalue weighted by atomic mass is 9.95. The second-order valence-electron chi connectivity index (χ2n) is 11.5.